The summed E-state index contributed by atoms with van der Waals surface area (Å²) in [6.07, 6.45) is 89.4. The Hall–Kier alpha value is -4.97. The Labute approximate surface area is 460 Å². The highest BCUT2D eigenvalue weighted by atomic mass is 16.6. The van der Waals surface area contributed by atoms with Gasteiger partial charge in [-0.1, -0.05) is 230 Å². The van der Waals surface area contributed by atoms with Crippen LogP contribution >= 0.6 is 0 Å². The third kappa shape index (κ3) is 59.8. The average molecular weight is 1030 g/mol. The van der Waals surface area contributed by atoms with E-state index < -0.39 is 6.10 Å². The van der Waals surface area contributed by atoms with Crippen LogP contribution in [-0.4, -0.2) is 37.2 Å². The number of hydrogen-bond acceptors (Lipinski definition) is 6. The maximum Gasteiger partial charge on any atom is 0.306 e. The topological polar surface area (TPSA) is 78.9 Å². The Morgan fingerprint density at radius 2 is 0.520 bits per heavy atom. The monoisotopic (exact) mass is 1030 g/mol. The molecule has 0 rings (SSSR count). The van der Waals surface area contributed by atoms with E-state index >= 15 is 0 Å². The fourth-order valence-corrected chi connectivity index (χ4v) is 7.56. The molecular formula is C69H108O6. The summed E-state index contributed by atoms with van der Waals surface area (Å²) in [5, 5.41) is 0. The first-order chi connectivity index (χ1) is 37.0. The summed E-state index contributed by atoms with van der Waals surface area (Å²) in [5.74, 6) is -0.991. The lowest BCUT2D eigenvalue weighted by molar-refractivity contribution is -0.167. The van der Waals surface area contributed by atoms with Crippen molar-refractivity contribution >= 4 is 17.9 Å². The lowest BCUT2D eigenvalue weighted by atomic mass is 10.1. The molecule has 0 aliphatic heterocycles. The van der Waals surface area contributed by atoms with Crippen molar-refractivity contribution in [3.8, 4) is 0 Å². The maximum atomic E-state index is 12.9. The van der Waals surface area contributed by atoms with Gasteiger partial charge < -0.3 is 14.2 Å². The molecule has 1 unspecified atom stereocenters. The van der Waals surface area contributed by atoms with Crippen molar-refractivity contribution in [2.75, 3.05) is 13.2 Å². The molecule has 0 aliphatic carbocycles. The zero-order valence-electron chi connectivity index (χ0n) is 48.0. The van der Waals surface area contributed by atoms with Gasteiger partial charge in [-0.15, -0.1) is 0 Å². The fraction of sp³-hybridized carbons (Fsp3) is 0.580. The van der Waals surface area contributed by atoms with E-state index in [1.807, 2.05) is 0 Å². The van der Waals surface area contributed by atoms with Crippen molar-refractivity contribution in [2.24, 2.45) is 0 Å². The lowest BCUT2D eigenvalue weighted by Crippen LogP contribution is -2.30. The third-order valence-corrected chi connectivity index (χ3v) is 12.0. The number of rotatable bonds is 52. The van der Waals surface area contributed by atoms with Crippen molar-refractivity contribution in [1.82, 2.24) is 0 Å². The van der Waals surface area contributed by atoms with E-state index in [1.165, 1.54) is 25.7 Å². The van der Waals surface area contributed by atoms with Crippen LogP contribution in [0.1, 0.15) is 239 Å². The molecule has 420 valence electrons. The zero-order valence-corrected chi connectivity index (χ0v) is 48.0. The first kappa shape index (κ1) is 70.0. The first-order valence-corrected chi connectivity index (χ1v) is 30.0. The Morgan fingerprint density at radius 1 is 0.280 bits per heavy atom. The van der Waals surface area contributed by atoms with Crippen LogP contribution in [0.2, 0.25) is 0 Å². The van der Waals surface area contributed by atoms with Gasteiger partial charge in [-0.25, -0.2) is 0 Å². The van der Waals surface area contributed by atoms with E-state index in [0.717, 1.165) is 167 Å². The Bertz CT molecular complexity index is 1710. The number of carbonyl (C=O) groups excluding carboxylic acids is 3. The Morgan fingerprint density at radius 3 is 0.827 bits per heavy atom. The van der Waals surface area contributed by atoms with Crippen LogP contribution in [0, 0.1) is 0 Å². The Kier molecular flexibility index (Phi) is 57.5. The minimum Gasteiger partial charge on any atom is -0.462 e. The number of hydrogen-bond donors (Lipinski definition) is 0. The van der Waals surface area contributed by atoms with Crippen molar-refractivity contribution in [3.63, 3.8) is 0 Å². The highest BCUT2D eigenvalue weighted by Gasteiger charge is 2.19. The van der Waals surface area contributed by atoms with E-state index in [0.29, 0.717) is 19.3 Å². The largest absolute Gasteiger partial charge is 0.462 e. The van der Waals surface area contributed by atoms with Gasteiger partial charge in [-0.3, -0.25) is 14.4 Å². The van der Waals surface area contributed by atoms with E-state index in [2.05, 4.69) is 179 Å². The summed E-state index contributed by atoms with van der Waals surface area (Å²) < 4.78 is 16.8. The summed E-state index contributed by atoms with van der Waals surface area (Å²) in [4.78, 5) is 38.2. The minimum absolute atomic E-state index is 0.114. The molecule has 0 saturated carbocycles. The number of unbranched alkanes of at least 4 members (excludes halogenated alkanes) is 15. The second kappa shape index (κ2) is 61.6. The molecule has 0 amide bonds. The zero-order chi connectivity index (χ0) is 54.3. The van der Waals surface area contributed by atoms with Crippen molar-refractivity contribution in [3.05, 3.63) is 158 Å². The van der Waals surface area contributed by atoms with Gasteiger partial charge in [0.15, 0.2) is 6.10 Å². The summed E-state index contributed by atoms with van der Waals surface area (Å²) in [5.41, 5.74) is 0. The van der Waals surface area contributed by atoms with Gasteiger partial charge in [0.1, 0.15) is 13.2 Å². The summed E-state index contributed by atoms with van der Waals surface area (Å²) in [6.45, 7) is 6.31. The third-order valence-electron chi connectivity index (χ3n) is 12.0. The van der Waals surface area contributed by atoms with Gasteiger partial charge in [0.2, 0.25) is 0 Å². The molecule has 0 aromatic carbocycles. The van der Waals surface area contributed by atoms with Crippen LogP contribution in [-0.2, 0) is 28.6 Å². The van der Waals surface area contributed by atoms with Gasteiger partial charge in [0, 0.05) is 19.3 Å². The normalized spacial score (nSPS) is 13.3. The smallest absolute Gasteiger partial charge is 0.306 e. The quantitative estimate of drug-likeness (QED) is 0.0261. The maximum absolute atomic E-state index is 12.9. The van der Waals surface area contributed by atoms with E-state index in [9.17, 15) is 14.4 Å². The van der Waals surface area contributed by atoms with E-state index in [4.69, 9.17) is 14.2 Å². The van der Waals surface area contributed by atoms with Crippen LogP contribution in [0.3, 0.4) is 0 Å². The van der Waals surface area contributed by atoms with Crippen molar-refractivity contribution in [2.45, 2.75) is 245 Å². The predicted octanol–water partition coefficient (Wildman–Crippen LogP) is 20.5. The highest BCUT2D eigenvalue weighted by molar-refractivity contribution is 5.71. The molecule has 0 spiro atoms. The summed E-state index contributed by atoms with van der Waals surface area (Å²) >= 11 is 0. The number of carbonyl (C=O) groups is 3. The van der Waals surface area contributed by atoms with Gasteiger partial charge in [0.25, 0.3) is 0 Å². The molecule has 0 saturated heterocycles. The first-order valence-electron chi connectivity index (χ1n) is 30.0. The molecule has 1 atom stereocenters. The standard InChI is InChI=1S/C69H108O6/c1-4-7-10-13-16-19-22-25-28-30-32-33-34-35-37-38-41-44-47-50-53-56-59-62-68(71)74-65-66(64-73-67(70)61-58-55-52-49-46-43-40-27-24-21-18-15-12-9-6-3)75-69(72)63-60-57-54-51-48-45-42-39-36-31-29-26-23-20-17-14-11-8-5-2/h7-8,10-11,16-21,25-29,32-33,35-37,39-41,44-45,48,66H,4-6,9,12-15,22-24,30-31,34,38,42-43,46-47,49-65H2,1-3H3/b10-7-,11-8-,19-16-,20-17-,21-18-,28-25-,29-26-,33-32-,37-35-,39-36-,40-27-,44-41-,48-45-. The van der Waals surface area contributed by atoms with Crippen LogP contribution in [0.5, 0.6) is 0 Å². The van der Waals surface area contributed by atoms with Crippen LogP contribution in [0.4, 0.5) is 0 Å². The number of esters is 3. The second-order valence-corrected chi connectivity index (χ2v) is 19.1. The Balaban J connectivity index is 4.54. The molecule has 0 aromatic heterocycles. The second-order valence-electron chi connectivity index (χ2n) is 19.1. The lowest BCUT2D eigenvalue weighted by Gasteiger charge is -2.18. The average Bonchev–Trinajstić information content (AvgIpc) is 3.41. The van der Waals surface area contributed by atoms with Gasteiger partial charge in [0.05, 0.1) is 0 Å². The van der Waals surface area contributed by atoms with Gasteiger partial charge in [-0.05, 0) is 148 Å². The molecular weight excluding hydrogens is 925 g/mol. The van der Waals surface area contributed by atoms with Crippen molar-refractivity contribution < 1.29 is 28.6 Å². The molecule has 6 nitrogen and oxygen atoms in total. The highest BCUT2D eigenvalue weighted by Crippen LogP contribution is 2.13. The molecule has 0 aromatic rings. The van der Waals surface area contributed by atoms with E-state index in [1.54, 1.807) is 0 Å². The molecule has 6 heteroatoms. The van der Waals surface area contributed by atoms with Crippen molar-refractivity contribution in [1.29, 1.82) is 0 Å². The SMILES string of the molecule is CC/C=C\C/C=C\C/C=C\C/C=C\C/C=C\C/C=C\CCCCCCC(=O)OCC(COC(=O)CCCCCCC/C=C\C/C=C\CCCCC)OC(=O)CCCCC/C=C\C/C=C\C/C=C\C/C=C\C/C=C\CC. The molecule has 0 aliphatic rings. The molecule has 75 heavy (non-hydrogen) atoms. The number of ether oxygens (including phenoxy) is 3. The molecule has 0 N–H and O–H groups in total. The van der Waals surface area contributed by atoms with Crippen LogP contribution < -0.4 is 0 Å². The molecule has 0 heterocycles. The fourth-order valence-electron chi connectivity index (χ4n) is 7.56. The molecule has 0 radical (unpaired) electrons. The minimum atomic E-state index is -0.822. The van der Waals surface area contributed by atoms with E-state index in [-0.39, 0.29) is 37.5 Å². The van der Waals surface area contributed by atoms with Crippen LogP contribution in [0.25, 0.3) is 0 Å². The summed E-state index contributed by atoms with van der Waals surface area (Å²) in [7, 11) is 0. The van der Waals surface area contributed by atoms with Gasteiger partial charge >= 0.3 is 17.9 Å². The number of allylic oxidation sites excluding steroid dienone is 26. The summed E-state index contributed by atoms with van der Waals surface area (Å²) in [6, 6.07) is 0. The molecule has 0 bridgehead atoms. The van der Waals surface area contributed by atoms with Gasteiger partial charge in [-0.2, -0.15) is 0 Å². The molecule has 0 fully saturated rings. The van der Waals surface area contributed by atoms with Crippen LogP contribution in [0.15, 0.2) is 158 Å². The predicted molar refractivity (Wildman–Crippen MR) is 325 cm³/mol.